The first-order chi connectivity index (χ1) is 27.7. The Morgan fingerprint density at radius 3 is 1.41 bits per heavy atom. The molecule has 0 bridgehead atoms. The van der Waals surface area contributed by atoms with Gasteiger partial charge in [-0.3, -0.25) is 0 Å². The zero-order valence-corrected chi connectivity index (χ0v) is 32.0. The van der Waals surface area contributed by atoms with E-state index in [0.717, 1.165) is 34.1 Å². The van der Waals surface area contributed by atoms with Gasteiger partial charge in [0.25, 0.3) is 0 Å². The summed E-state index contributed by atoms with van der Waals surface area (Å²) in [5.74, 6) is 0. The molecular weight excluding hydrogens is 717 g/mol. The molecule has 0 amide bonds. The van der Waals surface area contributed by atoms with Crippen LogP contribution in [0.5, 0.6) is 0 Å². The Morgan fingerprint density at radius 1 is 0.250 bits per heavy atom. The van der Waals surface area contributed by atoms with Gasteiger partial charge >= 0.3 is 0 Å². The number of benzene rings is 9. The maximum absolute atomic E-state index is 2.41. The van der Waals surface area contributed by atoms with E-state index in [-0.39, 0.29) is 0 Å². The van der Waals surface area contributed by atoms with Crippen LogP contribution >= 0.6 is 22.7 Å². The summed E-state index contributed by atoms with van der Waals surface area (Å²) >= 11 is 3.72. The summed E-state index contributed by atoms with van der Waals surface area (Å²) in [5.41, 5.74) is 9.25. The molecule has 0 saturated heterocycles. The number of hydrogen-bond acceptors (Lipinski definition) is 4. The van der Waals surface area contributed by atoms with Crippen molar-refractivity contribution in [3.8, 4) is 11.1 Å². The van der Waals surface area contributed by atoms with Gasteiger partial charge in [-0.1, -0.05) is 115 Å². The van der Waals surface area contributed by atoms with Gasteiger partial charge in [-0.25, -0.2) is 0 Å². The Bertz CT molecular complexity index is 3160. The number of para-hydroxylation sites is 2. The molecule has 0 fully saturated rings. The molecule has 0 saturated carbocycles. The van der Waals surface area contributed by atoms with Crippen LogP contribution in [0.25, 0.3) is 62.2 Å². The highest BCUT2D eigenvalue weighted by molar-refractivity contribution is 7.26. The lowest BCUT2D eigenvalue weighted by Crippen LogP contribution is -2.09. The summed E-state index contributed by atoms with van der Waals surface area (Å²) in [5, 5.41) is 7.66. The van der Waals surface area contributed by atoms with Crippen molar-refractivity contribution in [2.45, 2.75) is 0 Å². The van der Waals surface area contributed by atoms with Crippen molar-refractivity contribution in [3.05, 3.63) is 206 Å². The molecule has 0 aliphatic rings. The summed E-state index contributed by atoms with van der Waals surface area (Å²) in [6.45, 7) is 0. The van der Waals surface area contributed by atoms with Crippen LogP contribution in [-0.4, -0.2) is 0 Å². The molecule has 4 heteroatoms. The molecule has 0 atom stereocenters. The highest BCUT2D eigenvalue weighted by Gasteiger charge is 2.18. The van der Waals surface area contributed by atoms with Crippen LogP contribution in [0.3, 0.4) is 0 Å². The van der Waals surface area contributed by atoms with Gasteiger partial charge in [0.1, 0.15) is 0 Å². The minimum atomic E-state index is 1.12. The first-order valence-corrected chi connectivity index (χ1v) is 20.5. The molecule has 2 aromatic heterocycles. The van der Waals surface area contributed by atoms with Gasteiger partial charge in [0.15, 0.2) is 0 Å². The van der Waals surface area contributed by atoms with Crippen LogP contribution in [0.15, 0.2) is 206 Å². The van der Waals surface area contributed by atoms with Crippen LogP contribution in [0, 0.1) is 0 Å². The van der Waals surface area contributed by atoms with E-state index in [0.29, 0.717) is 0 Å². The maximum atomic E-state index is 2.41. The van der Waals surface area contributed by atoms with Crippen molar-refractivity contribution < 1.29 is 0 Å². The number of anilines is 6. The minimum absolute atomic E-state index is 1.12. The number of hydrogen-bond donors (Lipinski definition) is 0. The number of thiophene rings is 2. The molecule has 0 unspecified atom stereocenters. The van der Waals surface area contributed by atoms with E-state index in [9.17, 15) is 0 Å². The van der Waals surface area contributed by atoms with Crippen LogP contribution < -0.4 is 9.80 Å². The average molecular weight is 751 g/mol. The maximum Gasteiger partial charge on any atom is 0.0476 e. The van der Waals surface area contributed by atoms with E-state index in [1.54, 1.807) is 0 Å². The molecule has 0 aliphatic heterocycles. The first kappa shape index (κ1) is 32.7. The second-order valence-electron chi connectivity index (χ2n) is 14.2. The van der Waals surface area contributed by atoms with Crippen molar-refractivity contribution >= 4 is 108 Å². The van der Waals surface area contributed by atoms with Gasteiger partial charge in [-0.15, -0.1) is 22.7 Å². The number of rotatable bonds is 7. The molecule has 0 radical (unpaired) electrons. The lowest BCUT2D eigenvalue weighted by molar-refractivity contribution is 1.29. The lowest BCUT2D eigenvalue weighted by Gasteiger charge is -2.26. The smallest absolute Gasteiger partial charge is 0.0476 e. The van der Waals surface area contributed by atoms with E-state index in [2.05, 4.69) is 216 Å². The van der Waals surface area contributed by atoms with Gasteiger partial charge in [0.2, 0.25) is 0 Å². The summed E-state index contributed by atoms with van der Waals surface area (Å²) in [4.78, 5) is 4.75. The molecule has 11 aromatic rings. The van der Waals surface area contributed by atoms with Gasteiger partial charge in [-0.2, -0.15) is 0 Å². The first-order valence-electron chi connectivity index (χ1n) is 18.9. The Morgan fingerprint density at radius 2 is 0.714 bits per heavy atom. The number of fused-ring (bicyclic) bond motifs is 7. The van der Waals surface area contributed by atoms with Crippen molar-refractivity contribution in [1.29, 1.82) is 0 Å². The summed E-state index contributed by atoms with van der Waals surface area (Å²) in [6.07, 6.45) is 0. The normalized spacial score (nSPS) is 11.6. The zero-order valence-electron chi connectivity index (χ0n) is 30.3. The monoisotopic (exact) mass is 750 g/mol. The Kier molecular flexibility index (Phi) is 7.90. The minimum Gasteiger partial charge on any atom is -0.310 e. The van der Waals surface area contributed by atoms with Crippen LogP contribution in [-0.2, 0) is 0 Å². The third kappa shape index (κ3) is 5.70. The van der Waals surface area contributed by atoms with Gasteiger partial charge in [-0.05, 0) is 113 Å². The second-order valence-corrected chi connectivity index (χ2v) is 16.4. The Hall–Kier alpha value is -6.72. The predicted molar refractivity (Wildman–Crippen MR) is 245 cm³/mol. The molecule has 2 nitrogen and oxygen atoms in total. The summed E-state index contributed by atoms with van der Waals surface area (Å²) < 4.78 is 5.15. The van der Waals surface area contributed by atoms with Gasteiger partial charge < -0.3 is 9.80 Å². The van der Waals surface area contributed by atoms with Crippen molar-refractivity contribution in [2.24, 2.45) is 0 Å². The molecule has 0 spiro atoms. The molecule has 9 aromatic carbocycles. The van der Waals surface area contributed by atoms with E-state index in [4.69, 9.17) is 0 Å². The van der Waals surface area contributed by atoms with Crippen molar-refractivity contribution in [2.75, 3.05) is 9.80 Å². The highest BCUT2D eigenvalue weighted by atomic mass is 32.1. The fourth-order valence-corrected chi connectivity index (χ4v) is 10.4. The molecule has 0 aliphatic carbocycles. The zero-order chi connectivity index (χ0) is 37.0. The lowest BCUT2D eigenvalue weighted by atomic mass is 10.0. The molecule has 2 heterocycles. The van der Waals surface area contributed by atoms with E-state index in [1.165, 1.54) is 62.2 Å². The third-order valence-electron chi connectivity index (χ3n) is 10.8. The topological polar surface area (TPSA) is 6.48 Å². The molecule has 56 heavy (non-hydrogen) atoms. The van der Waals surface area contributed by atoms with Crippen LogP contribution in [0.2, 0.25) is 0 Å². The van der Waals surface area contributed by atoms with Crippen LogP contribution in [0.4, 0.5) is 34.1 Å². The summed E-state index contributed by atoms with van der Waals surface area (Å²) in [6, 6.07) is 75.1. The highest BCUT2D eigenvalue weighted by Crippen LogP contribution is 2.45. The fourth-order valence-electron chi connectivity index (χ4n) is 8.11. The van der Waals surface area contributed by atoms with Gasteiger partial charge in [0, 0.05) is 74.5 Å². The number of nitrogens with zero attached hydrogens (tertiary/aromatic N) is 2. The second kappa shape index (κ2) is 13.5. The predicted octanol–water partition coefficient (Wildman–Crippen LogP) is 16.2. The fraction of sp³-hybridized carbons (Fsp3) is 0. The van der Waals surface area contributed by atoms with E-state index in [1.807, 2.05) is 22.7 Å². The van der Waals surface area contributed by atoms with Gasteiger partial charge in [0.05, 0.1) is 0 Å². The molecule has 0 N–H and O–H groups in total. The standard InChI is InChI=1S/C52H34N2S2/c1-3-13-39(14-4-1)53(40-15-5-2-6-16-40)42-27-30-50-48(32-42)47-29-26-44(34-52(47)56-50)54(43-25-28-46-45-17-9-10-18-49(45)55-51(46)33-43)41-23-21-36(22-24-41)38-20-19-35-11-7-8-12-37(35)31-38/h1-34H. The summed E-state index contributed by atoms with van der Waals surface area (Å²) in [7, 11) is 0. The Labute approximate surface area is 333 Å². The average Bonchev–Trinajstić information content (AvgIpc) is 3.82. The molecular formula is C52H34N2S2. The van der Waals surface area contributed by atoms with Crippen molar-refractivity contribution in [3.63, 3.8) is 0 Å². The van der Waals surface area contributed by atoms with E-state index < -0.39 is 0 Å². The van der Waals surface area contributed by atoms with Crippen LogP contribution in [0.1, 0.15) is 0 Å². The third-order valence-corrected chi connectivity index (χ3v) is 13.1. The van der Waals surface area contributed by atoms with E-state index >= 15 is 0 Å². The molecule has 264 valence electrons. The Balaban J connectivity index is 1.03. The quantitative estimate of drug-likeness (QED) is 0.160. The SMILES string of the molecule is c1ccc(N(c2ccccc2)c2ccc3sc4cc(N(c5ccc(-c6ccc7ccccc7c6)cc5)c5ccc6c(c5)sc5ccccc56)ccc4c3c2)cc1. The largest absolute Gasteiger partial charge is 0.310 e. The van der Waals surface area contributed by atoms with Crippen molar-refractivity contribution in [1.82, 2.24) is 0 Å². The molecule has 11 rings (SSSR count).